The molecule has 3 aromatic carbocycles. The number of aryl methyl sites for hydroxylation is 1. The summed E-state index contributed by atoms with van der Waals surface area (Å²) in [4.78, 5) is 0. The fourth-order valence-electron chi connectivity index (χ4n) is 5.46. The van der Waals surface area contributed by atoms with E-state index in [0.29, 0.717) is 24.5 Å². The fourth-order valence-corrected chi connectivity index (χ4v) is 5.46. The van der Waals surface area contributed by atoms with Gasteiger partial charge in [0, 0.05) is 17.0 Å². The molecule has 0 unspecified atom stereocenters. The van der Waals surface area contributed by atoms with Crippen molar-refractivity contribution in [3.8, 4) is 34.1 Å². The van der Waals surface area contributed by atoms with Gasteiger partial charge in [0.1, 0.15) is 23.3 Å². The first-order valence-corrected chi connectivity index (χ1v) is 13.9. The van der Waals surface area contributed by atoms with E-state index in [1.165, 1.54) is 62.6 Å². The topological polar surface area (TPSA) is 0 Å². The molecule has 41 heavy (non-hydrogen) atoms. The summed E-state index contributed by atoms with van der Waals surface area (Å²) in [6.45, 7) is 2.23. The van der Waals surface area contributed by atoms with Gasteiger partial charge in [0.15, 0.2) is 0 Å². The van der Waals surface area contributed by atoms with Crippen molar-refractivity contribution in [3.05, 3.63) is 95.1 Å². The van der Waals surface area contributed by atoms with Crippen LogP contribution in [0.1, 0.15) is 63.0 Å². The van der Waals surface area contributed by atoms with Crippen molar-refractivity contribution in [2.75, 3.05) is 0 Å². The second-order valence-electron chi connectivity index (χ2n) is 10.6. The number of hydrogen-bond donors (Lipinski definition) is 0. The first-order valence-electron chi connectivity index (χ1n) is 13.9. The Morgan fingerprint density at radius 3 is 2.00 bits per heavy atom. The van der Waals surface area contributed by atoms with Crippen LogP contribution in [0.3, 0.4) is 0 Å². The molecule has 1 aliphatic rings. The highest BCUT2D eigenvalue weighted by Crippen LogP contribution is 2.33. The summed E-state index contributed by atoms with van der Waals surface area (Å²) in [6, 6.07) is 9.93. The van der Waals surface area contributed by atoms with E-state index in [-0.39, 0.29) is 22.3 Å². The van der Waals surface area contributed by atoms with Crippen LogP contribution in [0.15, 0.2) is 60.7 Å². The predicted molar refractivity (Wildman–Crippen MR) is 148 cm³/mol. The number of alkyl halides is 3. The zero-order valence-electron chi connectivity index (χ0n) is 22.7. The van der Waals surface area contributed by atoms with Crippen molar-refractivity contribution < 1.29 is 30.7 Å². The van der Waals surface area contributed by atoms with Gasteiger partial charge in [-0.1, -0.05) is 62.1 Å². The quantitative estimate of drug-likeness (QED) is 0.143. The molecule has 0 amide bonds. The highest BCUT2D eigenvalue weighted by atomic mass is 19.4. The first-order chi connectivity index (χ1) is 19.5. The lowest BCUT2D eigenvalue weighted by atomic mass is 9.80. The van der Waals surface area contributed by atoms with Gasteiger partial charge in [0.05, 0.1) is 5.56 Å². The third kappa shape index (κ3) is 8.25. The van der Waals surface area contributed by atoms with Gasteiger partial charge < -0.3 is 0 Å². The summed E-state index contributed by atoms with van der Waals surface area (Å²) in [5.74, 6) is -0.360. The SMILES string of the molecule is CCCC1CCC(/C=C/CCc2ccc(-c3ccc(-c4cc(F)c(C#CC(F)(F)F)c(F)c4)c(F)c3)c(F)c2)CC1. The van der Waals surface area contributed by atoms with Gasteiger partial charge >= 0.3 is 6.18 Å². The maximum atomic E-state index is 15.0. The molecular weight excluding hydrogens is 541 g/mol. The van der Waals surface area contributed by atoms with Crippen molar-refractivity contribution in [3.63, 3.8) is 0 Å². The third-order valence-electron chi connectivity index (χ3n) is 7.59. The van der Waals surface area contributed by atoms with E-state index in [9.17, 15) is 30.7 Å². The summed E-state index contributed by atoms with van der Waals surface area (Å²) >= 11 is 0. The van der Waals surface area contributed by atoms with E-state index in [0.717, 1.165) is 29.9 Å². The average molecular weight is 573 g/mol. The minimum atomic E-state index is -4.92. The third-order valence-corrected chi connectivity index (χ3v) is 7.59. The first kappa shape index (κ1) is 30.4. The standard InChI is InChI=1S/C34H31F7/c1-2-5-22-8-10-23(11-9-22)6-3-4-7-24-12-14-27(30(35)18-24)25-13-15-28(31(36)19-25)26-20-32(37)29(33(38)21-26)16-17-34(39,40)41/h3,6,12-15,18-23H,2,4-5,7-11H2,1H3/b6-3+. The minimum absolute atomic E-state index is 0.175. The van der Waals surface area contributed by atoms with Crippen molar-refractivity contribution >= 4 is 0 Å². The van der Waals surface area contributed by atoms with Gasteiger partial charge in [-0.15, -0.1) is 0 Å². The summed E-state index contributed by atoms with van der Waals surface area (Å²) < 4.78 is 95.4. The largest absolute Gasteiger partial charge is 0.458 e. The summed E-state index contributed by atoms with van der Waals surface area (Å²) in [5, 5.41) is 0. The zero-order valence-corrected chi connectivity index (χ0v) is 22.7. The molecule has 3 aromatic rings. The number of benzene rings is 3. The molecule has 0 N–H and O–H groups in total. The molecule has 0 nitrogen and oxygen atoms in total. The lowest BCUT2D eigenvalue weighted by Crippen LogP contribution is -2.12. The fraction of sp³-hybridized carbons (Fsp3) is 0.353. The Hall–Kier alpha value is -3.53. The molecule has 0 heterocycles. The molecule has 1 aliphatic carbocycles. The van der Waals surface area contributed by atoms with E-state index in [2.05, 4.69) is 19.1 Å². The lowest BCUT2D eigenvalue weighted by molar-refractivity contribution is -0.0696. The molecule has 0 radical (unpaired) electrons. The van der Waals surface area contributed by atoms with E-state index < -0.39 is 35.0 Å². The van der Waals surface area contributed by atoms with Crippen molar-refractivity contribution in [2.45, 2.75) is 64.5 Å². The monoisotopic (exact) mass is 572 g/mol. The van der Waals surface area contributed by atoms with E-state index in [1.54, 1.807) is 12.1 Å². The molecule has 1 saturated carbocycles. The van der Waals surface area contributed by atoms with Gasteiger partial charge in [-0.2, -0.15) is 13.2 Å². The zero-order chi connectivity index (χ0) is 29.6. The van der Waals surface area contributed by atoms with Gasteiger partial charge in [0.2, 0.25) is 0 Å². The molecule has 216 valence electrons. The predicted octanol–water partition coefficient (Wildman–Crippen LogP) is 10.6. The van der Waals surface area contributed by atoms with Crippen LogP contribution in [-0.4, -0.2) is 6.18 Å². The van der Waals surface area contributed by atoms with Crippen LogP contribution in [0.25, 0.3) is 22.3 Å². The molecule has 0 aliphatic heterocycles. The molecule has 0 spiro atoms. The van der Waals surface area contributed by atoms with Crippen molar-refractivity contribution in [1.29, 1.82) is 0 Å². The van der Waals surface area contributed by atoms with Crippen LogP contribution >= 0.6 is 0 Å². The number of rotatable bonds is 8. The maximum absolute atomic E-state index is 15.0. The number of allylic oxidation sites excluding steroid dienone is 2. The van der Waals surface area contributed by atoms with Crippen LogP contribution in [0.5, 0.6) is 0 Å². The van der Waals surface area contributed by atoms with E-state index >= 15 is 0 Å². The van der Waals surface area contributed by atoms with Gasteiger partial charge in [-0.3, -0.25) is 0 Å². The minimum Gasteiger partial charge on any atom is -0.206 e. The van der Waals surface area contributed by atoms with Crippen LogP contribution in [0.2, 0.25) is 0 Å². The summed E-state index contributed by atoms with van der Waals surface area (Å²) in [5.41, 5.74) is -0.241. The molecule has 1 fully saturated rings. The Morgan fingerprint density at radius 2 is 1.39 bits per heavy atom. The summed E-state index contributed by atoms with van der Waals surface area (Å²) in [7, 11) is 0. The number of halogens is 7. The van der Waals surface area contributed by atoms with Crippen LogP contribution in [-0.2, 0) is 6.42 Å². The Balaban J connectivity index is 1.41. The summed E-state index contributed by atoms with van der Waals surface area (Å²) in [6.07, 6.45) is 8.61. The molecule has 7 heteroatoms. The van der Waals surface area contributed by atoms with Crippen molar-refractivity contribution in [1.82, 2.24) is 0 Å². The Labute approximate surface area is 236 Å². The molecule has 4 rings (SSSR count). The molecule has 0 aromatic heterocycles. The van der Waals surface area contributed by atoms with Crippen molar-refractivity contribution in [2.24, 2.45) is 11.8 Å². The maximum Gasteiger partial charge on any atom is 0.458 e. The van der Waals surface area contributed by atoms with Gasteiger partial charge in [0.25, 0.3) is 0 Å². The molecular formula is C34H31F7. The second-order valence-corrected chi connectivity index (χ2v) is 10.6. The smallest absolute Gasteiger partial charge is 0.206 e. The highest BCUT2D eigenvalue weighted by Gasteiger charge is 2.24. The Bertz CT molecular complexity index is 1430. The van der Waals surface area contributed by atoms with Crippen LogP contribution in [0.4, 0.5) is 30.7 Å². The highest BCUT2D eigenvalue weighted by molar-refractivity contribution is 5.72. The van der Waals surface area contributed by atoms with Gasteiger partial charge in [-0.25, -0.2) is 17.6 Å². The lowest BCUT2D eigenvalue weighted by Gasteiger charge is -2.26. The van der Waals surface area contributed by atoms with E-state index in [1.807, 2.05) is 0 Å². The van der Waals surface area contributed by atoms with E-state index in [4.69, 9.17) is 0 Å². The molecule has 0 bridgehead atoms. The number of hydrogen-bond acceptors (Lipinski definition) is 0. The Morgan fingerprint density at radius 1 is 0.780 bits per heavy atom. The molecule has 0 saturated heterocycles. The average Bonchev–Trinajstić information content (AvgIpc) is 2.91. The normalized spacial score (nSPS) is 17.5. The van der Waals surface area contributed by atoms with Crippen LogP contribution < -0.4 is 0 Å². The van der Waals surface area contributed by atoms with Gasteiger partial charge in [-0.05, 0) is 91.3 Å². The second kappa shape index (κ2) is 13.4. The molecule has 0 atom stereocenters. The Kier molecular flexibility index (Phi) is 9.96. The van der Waals surface area contributed by atoms with Crippen LogP contribution in [0, 0.1) is 46.9 Å².